The maximum absolute atomic E-state index is 12.4. The molecule has 1 N–H and O–H groups in total. The van der Waals surface area contributed by atoms with E-state index in [0.717, 1.165) is 0 Å². The molecule has 7 heteroatoms. The number of fused-ring (bicyclic) bond motifs is 1. The van der Waals surface area contributed by atoms with Crippen molar-refractivity contribution in [3.05, 3.63) is 76.8 Å². The Kier molecular flexibility index (Phi) is 5.21. The zero-order valence-electron chi connectivity index (χ0n) is 14.8. The van der Waals surface area contributed by atoms with Crippen molar-refractivity contribution in [2.24, 2.45) is 9.98 Å². The Morgan fingerprint density at radius 3 is 2.52 bits per heavy atom. The SMILES string of the molecule is CCOC(=O)C(C1=NC(=NC(=O)c2cccnc2)c2ccccc21)=C(C)O. The second-order valence-corrected chi connectivity index (χ2v) is 5.67. The summed E-state index contributed by atoms with van der Waals surface area (Å²) in [5, 5.41) is 10.0. The van der Waals surface area contributed by atoms with E-state index in [1.807, 2.05) is 0 Å². The lowest BCUT2D eigenvalue weighted by molar-refractivity contribution is -0.138. The fourth-order valence-corrected chi connectivity index (χ4v) is 2.66. The van der Waals surface area contributed by atoms with Gasteiger partial charge in [0.15, 0.2) is 5.84 Å². The Hall–Kier alpha value is -3.61. The molecule has 2 aromatic rings. The van der Waals surface area contributed by atoms with Crippen LogP contribution in [0.25, 0.3) is 0 Å². The molecule has 1 aliphatic rings. The first kappa shape index (κ1) is 18.2. The normalized spacial score (nSPS) is 15.0. The number of benzene rings is 1. The van der Waals surface area contributed by atoms with Crippen molar-refractivity contribution in [3.63, 3.8) is 0 Å². The predicted octanol–water partition coefficient (Wildman–Crippen LogP) is 2.87. The number of allylic oxidation sites excluding steroid dienone is 1. The van der Waals surface area contributed by atoms with E-state index in [1.54, 1.807) is 49.5 Å². The molecule has 0 fully saturated rings. The van der Waals surface area contributed by atoms with Crippen molar-refractivity contribution in [1.29, 1.82) is 0 Å². The highest BCUT2D eigenvalue weighted by Gasteiger charge is 2.30. The van der Waals surface area contributed by atoms with Gasteiger partial charge in [-0.15, -0.1) is 0 Å². The van der Waals surface area contributed by atoms with Crippen LogP contribution >= 0.6 is 0 Å². The van der Waals surface area contributed by atoms with Crippen LogP contribution in [-0.4, -0.2) is 40.1 Å². The van der Waals surface area contributed by atoms with Gasteiger partial charge in [-0.05, 0) is 26.0 Å². The molecule has 1 aromatic carbocycles. The maximum Gasteiger partial charge on any atom is 0.343 e. The van der Waals surface area contributed by atoms with Crippen LogP contribution < -0.4 is 0 Å². The zero-order valence-corrected chi connectivity index (χ0v) is 14.8. The van der Waals surface area contributed by atoms with Gasteiger partial charge < -0.3 is 9.84 Å². The lowest BCUT2D eigenvalue weighted by Gasteiger charge is -2.08. The molecule has 1 aliphatic heterocycles. The highest BCUT2D eigenvalue weighted by molar-refractivity contribution is 6.36. The average Bonchev–Trinajstić information content (AvgIpc) is 3.01. The number of amidine groups is 1. The van der Waals surface area contributed by atoms with Gasteiger partial charge in [-0.3, -0.25) is 9.78 Å². The Labute approximate surface area is 155 Å². The Morgan fingerprint density at radius 1 is 1.15 bits per heavy atom. The molecule has 27 heavy (non-hydrogen) atoms. The van der Waals surface area contributed by atoms with Crippen molar-refractivity contribution in [3.8, 4) is 0 Å². The number of ether oxygens (including phenoxy) is 1. The molecule has 1 amide bonds. The van der Waals surface area contributed by atoms with Crippen molar-refractivity contribution in [2.75, 3.05) is 6.61 Å². The van der Waals surface area contributed by atoms with E-state index >= 15 is 0 Å². The van der Waals surface area contributed by atoms with Crippen molar-refractivity contribution < 1.29 is 19.4 Å². The quantitative estimate of drug-likeness (QED) is 0.511. The molecule has 3 rings (SSSR count). The van der Waals surface area contributed by atoms with E-state index in [1.165, 1.54) is 13.1 Å². The smallest absolute Gasteiger partial charge is 0.343 e. The van der Waals surface area contributed by atoms with Crippen LogP contribution in [0.15, 0.2) is 70.1 Å². The predicted molar refractivity (Wildman–Crippen MR) is 100 cm³/mol. The molecule has 0 bridgehead atoms. The number of amides is 1. The summed E-state index contributed by atoms with van der Waals surface area (Å²) in [4.78, 5) is 37.0. The van der Waals surface area contributed by atoms with Gasteiger partial charge >= 0.3 is 5.97 Å². The summed E-state index contributed by atoms with van der Waals surface area (Å²) in [7, 11) is 0. The third-order valence-corrected chi connectivity index (χ3v) is 3.83. The second kappa shape index (κ2) is 7.74. The first-order chi connectivity index (χ1) is 13.0. The summed E-state index contributed by atoms with van der Waals surface area (Å²) >= 11 is 0. The van der Waals surface area contributed by atoms with Gasteiger partial charge in [0.1, 0.15) is 11.3 Å². The van der Waals surface area contributed by atoms with Crippen LogP contribution in [-0.2, 0) is 9.53 Å². The lowest BCUT2D eigenvalue weighted by Crippen LogP contribution is -2.18. The summed E-state index contributed by atoms with van der Waals surface area (Å²) < 4.78 is 5.03. The molecule has 2 heterocycles. The van der Waals surface area contributed by atoms with Gasteiger partial charge in [0.2, 0.25) is 0 Å². The highest BCUT2D eigenvalue weighted by Crippen LogP contribution is 2.25. The average molecular weight is 363 g/mol. The number of carbonyl (C=O) groups is 2. The third kappa shape index (κ3) is 3.67. The summed E-state index contributed by atoms with van der Waals surface area (Å²) in [5.74, 6) is -1.24. The first-order valence-corrected chi connectivity index (χ1v) is 8.31. The van der Waals surface area contributed by atoms with Gasteiger partial charge in [0.05, 0.1) is 17.9 Å². The van der Waals surface area contributed by atoms with E-state index in [4.69, 9.17) is 4.74 Å². The molecule has 7 nitrogen and oxygen atoms in total. The molecular weight excluding hydrogens is 346 g/mol. The summed E-state index contributed by atoms with van der Waals surface area (Å²) in [5.41, 5.74) is 1.68. The van der Waals surface area contributed by atoms with Crippen LogP contribution in [0.2, 0.25) is 0 Å². The number of esters is 1. The number of aromatic nitrogens is 1. The molecular formula is C20H17N3O4. The van der Waals surface area contributed by atoms with Gasteiger partial charge in [0.25, 0.3) is 5.91 Å². The van der Waals surface area contributed by atoms with E-state index in [9.17, 15) is 14.7 Å². The number of aliphatic hydroxyl groups is 1. The van der Waals surface area contributed by atoms with Crippen LogP contribution in [0.1, 0.15) is 35.3 Å². The zero-order chi connectivity index (χ0) is 19.4. The third-order valence-electron chi connectivity index (χ3n) is 3.83. The van der Waals surface area contributed by atoms with E-state index in [-0.39, 0.29) is 29.5 Å². The van der Waals surface area contributed by atoms with Gasteiger partial charge in [0, 0.05) is 23.5 Å². The number of aliphatic hydroxyl groups excluding tert-OH is 1. The molecule has 0 radical (unpaired) electrons. The standard InChI is InChI=1S/C20H17N3O4/c1-3-27-20(26)16(12(2)24)17-14-8-4-5-9-15(14)18(22-17)23-19(25)13-7-6-10-21-11-13/h4-11,24H,3H2,1-2H3. The van der Waals surface area contributed by atoms with Crippen LogP contribution in [0.3, 0.4) is 0 Å². The van der Waals surface area contributed by atoms with Crippen molar-refractivity contribution in [1.82, 2.24) is 4.98 Å². The lowest BCUT2D eigenvalue weighted by atomic mass is 9.99. The molecule has 0 atom stereocenters. The summed E-state index contributed by atoms with van der Waals surface area (Å²) in [6, 6.07) is 10.3. The highest BCUT2D eigenvalue weighted by atomic mass is 16.5. The van der Waals surface area contributed by atoms with Crippen molar-refractivity contribution >= 4 is 23.4 Å². The number of hydrogen-bond donors (Lipinski definition) is 1. The van der Waals surface area contributed by atoms with Crippen LogP contribution in [0.4, 0.5) is 0 Å². The fraction of sp³-hybridized carbons (Fsp3) is 0.150. The van der Waals surface area contributed by atoms with E-state index in [2.05, 4.69) is 15.0 Å². The number of pyridine rings is 1. The molecule has 0 aliphatic carbocycles. The Morgan fingerprint density at radius 2 is 1.89 bits per heavy atom. The minimum Gasteiger partial charge on any atom is -0.512 e. The van der Waals surface area contributed by atoms with E-state index < -0.39 is 11.9 Å². The summed E-state index contributed by atoms with van der Waals surface area (Å²) in [6.07, 6.45) is 2.98. The first-order valence-electron chi connectivity index (χ1n) is 8.31. The molecule has 136 valence electrons. The fourth-order valence-electron chi connectivity index (χ4n) is 2.66. The monoisotopic (exact) mass is 363 g/mol. The van der Waals surface area contributed by atoms with Crippen LogP contribution in [0, 0.1) is 0 Å². The van der Waals surface area contributed by atoms with Crippen molar-refractivity contribution in [2.45, 2.75) is 13.8 Å². The van der Waals surface area contributed by atoms with Gasteiger partial charge in [-0.25, -0.2) is 9.79 Å². The Bertz CT molecular complexity index is 987. The molecule has 0 saturated heterocycles. The maximum atomic E-state index is 12.4. The molecule has 0 spiro atoms. The Balaban J connectivity index is 2.10. The second-order valence-electron chi connectivity index (χ2n) is 5.67. The number of rotatable bonds is 4. The largest absolute Gasteiger partial charge is 0.512 e. The summed E-state index contributed by atoms with van der Waals surface area (Å²) in [6.45, 7) is 3.21. The van der Waals surface area contributed by atoms with Gasteiger partial charge in [-0.1, -0.05) is 24.3 Å². The number of nitrogens with zero attached hydrogens (tertiary/aromatic N) is 3. The molecule has 0 saturated carbocycles. The van der Waals surface area contributed by atoms with Crippen LogP contribution in [0.5, 0.6) is 0 Å². The molecule has 0 unspecified atom stereocenters. The van der Waals surface area contributed by atoms with Gasteiger partial charge in [-0.2, -0.15) is 4.99 Å². The number of aliphatic imine (C=N–C) groups is 2. The molecule has 1 aromatic heterocycles. The minimum atomic E-state index is -0.689. The minimum absolute atomic E-state index is 0.0525. The van der Waals surface area contributed by atoms with E-state index in [0.29, 0.717) is 16.7 Å². The number of carbonyl (C=O) groups excluding carboxylic acids is 2. The number of hydrogen-bond acceptors (Lipinski definition) is 5. The topological polar surface area (TPSA) is 101 Å².